The second-order valence-electron chi connectivity index (χ2n) is 9.23. The summed E-state index contributed by atoms with van der Waals surface area (Å²) in [5.74, 6) is -0.215. The van der Waals surface area contributed by atoms with Crippen LogP contribution in [0, 0.1) is 0 Å². The number of carbonyl (C=O) groups is 3. The lowest BCUT2D eigenvalue weighted by atomic mass is 10.1. The first-order valence-electron chi connectivity index (χ1n) is 12.9. The molecular weight excluding hydrogens is 484 g/mol. The molecule has 2 bridgehead atoms. The van der Waals surface area contributed by atoms with Crippen molar-refractivity contribution in [2.75, 3.05) is 32.8 Å². The molecule has 200 valence electrons. The highest BCUT2D eigenvalue weighted by Crippen LogP contribution is 2.14. The minimum atomic E-state index is -0.772. The van der Waals surface area contributed by atoms with Gasteiger partial charge in [-0.2, -0.15) is 0 Å². The normalized spacial score (nSPS) is 18.6. The zero-order chi connectivity index (χ0) is 26.6. The summed E-state index contributed by atoms with van der Waals surface area (Å²) in [6, 6.07) is 16.0. The topological polar surface area (TPSA) is 128 Å². The van der Waals surface area contributed by atoms with Gasteiger partial charge in [0, 0.05) is 37.0 Å². The molecule has 10 heteroatoms. The molecule has 1 aliphatic heterocycles. The van der Waals surface area contributed by atoms with Crippen molar-refractivity contribution in [3.8, 4) is 5.75 Å². The molecule has 0 spiro atoms. The molecular formula is C28H34N6O4. The maximum absolute atomic E-state index is 13.0. The average molecular weight is 519 g/mol. The number of aromatic nitrogens is 2. The van der Waals surface area contributed by atoms with E-state index in [-0.39, 0.29) is 37.3 Å². The van der Waals surface area contributed by atoms with Gasteiger partial charge in [-0.3, -0.25) is 19.3 Å². The molecule has 0 saturated carbocycles. The molecule has 10 nitrogen and oxygen atoms in total. The van der Waals surface area contributed by atoms with Crippen molar-refractivity contribution in [3.05, 3.63) is 83.9 Å². The Kier molecular flexibility index (Phi) is 9.86. The van der Waals surface area contributed by atoms with Gasteiger partial charge >= 0.3 is 0 Å². The van der Waals surface area contributed by atoms with Gasteiger partial charge in [0.15, 0.2) is 0 Å². The minimum absolute atomic E-state index is 0.0782. The van der Waals surface area contributed by atoms with Gasteiger partial charge in [-0.05, 0) is 43.1 Å². The zero-order valence-corrected chi connectivity index (χ0v) is 21.3. The number of ether oxygens (including phenoxy) is 1. The summed E-state index contributed by atoms with van der Waals surface area (Å²) in [7, 11) is 0. The van der Waals surface area contributed by atoms with Gasteiger partial charge in [0.25, 0.3) is 5.91 Å². The first-order chi connectivity index (χ1) is 18.6. The van der Waals surface area contributed by atoms with Gasteiger partial charge in [-0.15, -0.1) is 0 Å². The Bertz CT molecular complexity index is 1190. The lowest BCUT2D eigenvalue weighted by Crippen LogP contribution is -2.48. The molecule has 0 saturated heterocycles. The molecule has 3 aromatic rings. The summed E-state index contributed by atoms with van der Waals surface area (Å²) in [5, 5.41) is 8.71. The van der Waals surface area contributed by atoms with Crippen LogP contribution in [-0.2, 0) is 22.6 Å². The fourth-order valence-corrected chi connectivity index (χ4v) is 4.26. The van der Waals surface area contributed by atoms with E-state index >= 15 is 0 Å². The predicted octanol–water partition coefficient (Wildman–Crippen LogP) is 1.66. The molecule has 38 heavy (non-hydrogen) atoms. The Balaban J connectivity index is 1.46. The molecule has 0 aliphatic carbocycles. The van der Waals surface area contributed by atoms with Gasteiger partial charge in [0.1, 0.15) is 18.4 Å². The first kappa shape index (κ1) is 26.9. The molecule has 3 amide bonds. The summed E-state index contributed by atoms with van der Waals surface area (Å²) in [6.07, 6.45) is 5.00. The van der Waals surface area contributed by atoms with Crippen LogP contribution in [0.2, 0.25) is 0 Å². The van der Waals surface area contributed by atoms with E-state index in [9.17, 15) is 14.4 Å². The smallest absolute Gasteiger partial charge is 0.252 e. The highest BCUT2D eigenvalue weighted by atomic mass is 16.5. The Morgan fingerprint density at radius 2 is 1.84 bits per heavy atom. The Labute approximate surface area is 222 Å². The number of benzene rings is 2. The summed E-state index contributed by atoms with van der Waals surface area (Å²) >= 11 is 0. The van der Waals surface area contributed by atoms with E-state index in [0.717, 1.165) is 24.1 Å². The number of nitrogens with one attached hydrogen (secondary N) is 4. The van der Waals surface area contributed by atoms with Crippen molar-refractivity contribution in [3.63, 3.8) is 0 Å². The lowest BCUT2D eigenvalue weighted by Gasteiger charge is -2.22. The molecule has 4 rings (SSSR count). The Morgan fingerprint density at radius 1 is 0.974 bits per heavy atom. The van der Waals surface area contributed by atoms with Crippen LogP contribution < -0.4 is 20.7 Å². The van der Waals surface area contributed by atoms with Gasteiger partial charge in [0.05, 0.1) is 19.4 Å². The number of hydrogen-bond acceptors (Lipinski definition) is 6. The number of imidazole rings is 1. The van der Waals surface area contributed by atoms with Crippen molar-refractivity contribution in [2.24, 2.45) is 0 Å². The largest absolute Gasteiger partial charge is 0.492 e. The SMILES string of the molecule is O=C1CN(Cc2ccccc2)CCCCNC(=O)[C@H](Cc2cnc[nH]2)NC(=O)c2cccc(c2)OCCN1. The molecule has 1 aromatic heterocycles. The summed E-state index contributed by atoms with van der Waals surface area (Å²) < 4.78 is 5.76. The number of nitrogens with zero attached hydrogens (tertiary/aromatic N) is 2. The van der Waals surface area contributed by atoms with Crippen molar-refractivity contribution in [1.82, 2.24) is 30.8 Å². The summed E-state index contributed by atoms with van der Waals surface area (Å²) in [4.78, 5) is 47.8. The van der Waals surface area contributed by atoms with Crippen LogP contribution >= 0.6 is 0 Å². The van der Waals surface area contributed by atoms with E-state index in [4.69, 9.17) is 4.74 Å². The fraction of sp³-hybridized carbons (Fsp3) is 0.357. The Hall–Kier alpha value is -4.18. The second kappa shape index (κ2) is 13.9. The van der Waals surface area contributed by atoms with Gasteiger partial charge in [-0.1, -0.05) is 36.4 Å². The van der Waals surface area contributed by atoms with Crippen LogP contribution in [0.3, 0.4) is 0 Å². The number of hydrogen-bond donors (Lipinski definition) is 4. The monoisotopic (exact) mass is 518 g/mol. The molecule has 0 radical (unpaired) electrons. The van der Waals surface area contributed by atoms with E-state index in [2.05, 4.69) is 30.8 Å². The molecule has 4 N–H and O–H groups in total. The fourth-order valence-electron chi connectivity index (χ4n) is 4.26. The molecule has 0 unspecified atom stereocenters. The maximum atomic E-state index is 13.0. The summed E-state index contributed by atoms with van der Waals surface area (Å²) in [6.45, 7) is 2.70. The number of fused-ring (bicyclic) bond motifs is 2. The van der Waals surface area contributed by atoms with Crippen molar-refractivity contribution >= 4 is 17.7 Å². The Morgan fingerprint density at radius 3 is 2.66 bits per heavy atom. The molecule has 2 heterocycles. The standard InChI is InChI=1S/C28H34N6O4/c35-26-19-34(18-21-7-2-1-3-8-21)13-5-4-11-31-28(37)25(16-23-17-29-20-32-23)33-27(36)22-9-6-10-24(15-22)38-14-12-30-26/h1-3,6-10,15,17,20,25H,4-5,11-14,16,18-19H2,(H,29,32)(H,30,35)(H,31,37)(H,33,36)/t25-/m0/s1. The quantitative estimate of drug-likeness (QED) is 0.416. The van der Waals surface area contributed by atoms with Crippen LogP contribution in [0.5, 0.6) is 5.75 Å². The predicted molar refractivity (Wildman–Crippen MR) is 142 cm³/mol. The third-order valence-electron chi connectivity index (χ3n) is 6.21. The van der Waals surface area contributed by atoms with Crippen LogP contribution in [0.4, 0.5) is 0 Å². The third kappa shape index (κ3) is 8.45. The van der Waals surface area contributed by atoms with E-state index in [1.807, 2.05) is 30.3 Å². The molecule has 1 aliphatic rings. The van der Waals surface area contributed by atoms with E-state index in [0.29, 0.717) is 37.5 Å². The van der Waals surface area contributed by atoms with Gasteiger partial charge in [-0.25, -0.2) is 4.98 Å². The number of aromatic amines is 1. The van der Waals surface area contributed by atoms with Gasteiger partial charge < -0.3 is 25.7 Å². The van der Waals surface area contributed by atoms with Gasteiger partial charge in [0.2, 0.25) is 11.8 Å². The highest BCUT2D eigenvalue weighted by molar-refractivity contribution is 5.97. The van der Waals surface area contributed by atoms with E-state index in [1.165, 1.54) is 0 Å². The van der Waals surface area contributed by atoms with E-state index < -0.39 is 6.04 Å². The van der Waals surface area contributed by atoms with Crippen molar-refractivity contribution < 1.29 is 19.1 Å². The molecule has 2 aromatic carbocycles. The maximum Gasteiger partial charge on any atom is 0.252 e. The third-order valence-corrected chi connectivity index (χ3v) is 6.21. The number of amides is 3. The van der Waals surface area contributed by atoms with Crippen molar-refractivity contribution in [2.45, 2.75) is 31.8 Å². The van der Waals surface area contributed by atoms with E-state index in [1.54, 1.807) is 36.8 Å². The van der Waals surface area contributed by atoms with Crippen LogP contribution in [0.1, 0.15) is 34.5 Å². The average Bonchev–Trinajstić information content (AvgIpc) is 3.44. The molecule has 0 fully saturated rings. The number of H-pyrrole nitrogens is 1. The molecule has 1 atom stereocenters. The van der Waals surface area contributed by atoms with Crippen LogP contribution in [0.15, 0.2) is 67.1 Å². The number of rotatable bonds is 4. The zero-order valence-electron chi connectivity index (χ0n) is 21.3. The van der Waals surface area contributed by atoms with Crippen molar-refractivity contribution in [1.29, 1.82) is 0 Å². The van der Waals surface area contributed by atoms with Crippen LogP contribution in [0.25, 0.3) is 0 Å². The highest BCUT2D eigenvalue weighted by Gasteiger charge is 2.23. The van der Waals surface area contributed by atoms with Crippen LogP contribution in [-0.4, -0.2) is 71.4 Å². The second-order valence-corrected chi connectivity index (χ2v) is 9.23. The minimum Gasteiger partial charge on any atom is -0.492 e. The first-order valence-corrected chi connectivity index (χ1v) is 12.9. The summed E-state index contributed by atoms with van der Waals surface area (Å²) in [5.41, 5.74) is 2.26. The lowest BCUT2D eigenvalue weighted by molar-refractivity contribution is -0.123. The number of carbonyl (C=O) groups excluding carboxylic acids is 3.